The fourth-order valence-electron chi connectivity index (χ4n) is 5.04. The Hall–Kier alpha value is -3.06. The molecule has 2 N–H and O–H groups in total. The highest BCUT2D eigenvalue weighted by Crippen LogP contribution is 2.47. The molecule has 0 bridgehead atoms. The topological polar surface area (TPSA) is 53.3 Å². The molecule has 8 heteroatoms. The number of nitrogens with zero attached hydrogens (tertiary/aromatic N) is 3. The molecule has 35 heavy (non-hydrogen) atoms. The normalized spacial score (nSPS) is 17.6. The van der Waals surface area contributed by atoms with Crippen molar-refractivity contribution in [2.45, 2.75) is 32.9 Å². The number of nitrogens with one attached hydrogen (secondary N) is 1. The summed E-state index contributed by atoms with van der Waals surface area (Å²) in [5, 5.41) is 16.0. The summed E-state index contributed by atoms with van der Waals surface area (Å²) in [4.78, 5) is 6.59. The van der Waals surface area contributed by atoms with Crippen LogP contribution in [0.5, 0.6) is 5.75 Å². The second-order valence-corrected chi connectivity index (χ2v) is 9.91. The third kappa shape index (κ3) is 4.05. The van der Waals surface area contributed by atoms with Crippen molar-refractivity contribution in [3.05, 3.63) is 105 Å². The van der Waals surface area contributed by atoms with Crippen molar-refractivity contribution in [1.29, 1.82) is 0 Å². The molecular weight excluding hydrogens is 499 g/mol. The maximum absolute atomic E-state index is 10.8. The number of pyridine rings is 1. The summed E-state index contributed by atoms with van der Waals surface area (Å²) in [6.07, 6.45) is 1.78. The van der Waals surface area contributed by atoms with E-state index in [1.165, 1.54) is 0 Å². The summed E-state index contributed by atoms with van der Waals surface area (Å²) in [5.74, 6) is 0.103. The number of thiocarbonyl (C=S) groups is 1. The highest BCUT2D eigenvalue weighted by Gasteiger charge is 2.44. The van der Waals surface area contributed by atoms with Gasteiger partial charge < -0.3 is 19.9 Å². The quantitative estimate of drug-likeness (QED) is 0.283. The van der Waals surface area contributed by atoms with Crippen LogP contribution >= 0.6 is 35.4 Å². The molecule has 0 aliphatic carbocycles. The SMILES string of the molecule is Cc1c([C@@H]2[C@H](c3ccccn3)NC(=S)N2c2cc(Cl)ccc2O)c(C)n(-c2cccc(Cl)c2)c1C. The predicted molar refractivity (Wildman–Crippen MR) is 146 cm³/mol. The van der Waals surface area contributed by atoms with Gasteiger partial charge in [-0.25, -0.2) is 0 Å². The molecule has 4 aromatic rings. The first kappa shape index (κ1) is 23.7. The van der Waals surface area contributed by atoms with Crippen LogP contribution in [0.1, 0.15) is 40.3 Å². The van der Waals surface area contributed by atoms with Crippen molar-refractivity contribution in [2.75, 3.05) is 4.90 Å². The second kappa shape index (κ2) is 9.19. The molecule has 1 saturated heterocycles. The summed E-state index contributed by atoms with van der Waals surface area (Å²) >= 11 is 18.5. The molecule has 1 fully saturated rings. The number of halogens is 2. The molecule has 0 saturated carbocycles. The summed E-state index contributed by atoms with van der Waals surface area (Å²) in [6, 6.07) is 18.1. The van der Waals surface area contributed by atoms with Crippen molar-refractivity contribution in [1.82, 2.24) is 14.9 Å². The van der Waals surface area contributed by atoms with Crippen LogP contribution in [-0.4, -0.2) is 19.8 Å². The van der Waals surface area contributed by atoms with E-state index in [2.05, 4.69) is 35.6 Å². The molecule has 1 aliphatic heterocycles. The lowest BCUT2D eigenvalue weighted by atomic mass is 9.93. The maximum Gasteiger partial charge on any atom is 0.174 e. The molecule has 2 aromatic heterocycles. The van der Waals surface area contributed by atoms with Crippen LogP contribution in [0.25, 0.3) is 5.69 Å². The monoisotopic (exact) mass is 522 g/mol. The lowest BCUT2D eigenvalue weighted by Crippen LogP contribution is -2.30. The van der Waals surface area contributed by atoms with Crippen LogP contribution in [0.15, 0.2) is 66.9 Å². The van der Waals surface area contributed by atoms with Crippen molar-refractivity contribution in [3.8, 4) is 11.4 Å². The fraction of sp³-hybridized carbons (Fsp3) is 0.185. The van der Waals surface area contributed by atoms with E-state index in [9.17, 15) is 5.11 Å². The van der Waals surface area contributed by atoms with Gasteiger partial charge in [-0.2, -0.15) is 0 Å². The predicted octanol–water partition coefficient (Wildman–Crippen LogP) is 6.99. The first-order valence-electron chi connectivity index (χ1n) is 11.2. The van der Waals surface area contributed by atoms with Crippen LogP contribution in [0.4, 0.5) is 5.69 Å². The lowest BCUT2D eigenvalue weighted by molar-refractivity contribution is 0.472. The Balaban J connectivity index is 1.76. The van der Waals surface area contributed by atoms with E-state index in [0.29, 0.717) is 20.8 Å². The molecule has 178 valence electrons. The average Bonchev–Trinajstić information content (AvgIpc) is 3.28. The Morgan fingerprint density at radius 1 is 0.943 bits per heavy atom. The average molecular weight is 523 g/mol. The third-order valence-electron chi connectivity index (χ3n) is 6.66. The Morgan fingerprint density at radius 2 is 1.71 bits per heavy atom. The number of hydrogen-bond acceptors (Lipinski definition) is 3. The number of hydrogen-bond donors (Lipinski definition) is 2. The van der Waals surface area contributed by atoms with Gasteiger partial charge >= 0.3 is 0 Å². The van der Waals surface area contributed by atoms with E-state index in [0.717, 1.165) is 33.9 Å². The third-order valence-corrected chi connectivity index (χ3v) is 7.45. The van der Waals surface area contributed by atoms with Crippen molar-refractivity contribution < 1.29 is 5.11 Å². The molecule has 3 heterocycles. The van der Waals surface area contributed by atoms with Crippen LogP contribution in [0.2, 0.25) is 10.0 Å². The number of rotatable bonds is 4. The zero-order valence-corrected chi connectivity index (χ0v) is 21.8. The zero-order valence-electron chi connectivity index (χ0n) is 19.5. The number of aromatic hydroxyl groups is 1. The van der Waals surface area contributed by atoms with Gasteiger partial charge in [-0.3, -0.25) is 4.98 Å². The smallest absolute Gasteiger partial charge is 0.174 e. The second-order valence-electron chi connectivity index (χ2n) is 8.65. The van der Waals surface area contributed by atoms with Gasteiger partial charge in [0, 0.05) is 38.9 Å². The van der Waals surface area contributed by atoms with Crippen LogP contribution in [0.3, 0.4) is 0 Å². The summed E-state index contributed by atoms with van der Waals surface area (Å²) in [7, 11) is 0. The Kier molecular flexibility index (Phi) is 6.21. The van der Waals surface area contributed by atoms with Gasteiger partial charge in [-0.15, -0.1) is 0 Å². The van der Waals surface area contributed by atoms with E-state index in [-0.39, 0.29) is 17.8 Å². The molecule has 5 rings (SSSR count). The van der Waals surface area contributed by atoms with Gasteiger partial charge in [0.1, 0.15) is 5.75 Å². The van der Waals surface area contributed by atoms with Crippen LogP contribution in [-0.2, 0) is 0 Å². The van der Waals surface area contributed by atoms with Crippen molar-refractivity contribution in [3.63, 3.8) is 0 Å². The molecule has 0 amide bonds. The Morgan fingerprint density at radius 3 is 2.43 bits per heavy atom. The fourth-order valence-corrected chi connectivity index (χ4v) is 5.73. The summed E-state index contributed by atoms with van der Waals surface area (Å²) in [6.45, 7) is 6.32. The molecular formula is C27H24Cl2N4OS. The Labute approximate surface area is 219 Å². The van der Waals surface area contributed by atoms with Crippen molar-refractivity contribution >= 4 is 46.2 Å². The minimum atomic E-state index is -0.277. The largest absolute Gasteiger partial charge is 0.506 e. The van der Waals surface area contributed by atoms with Gasteiger partial charge in [0.25, 0.3) is 0 Å². The molecule has 0 radical (unpaired) electrons. The first-order valence-corrected chi connectivity index (χ1v) is 12.4. The molecule has 2 aromatic carbocycles. The van der Waals surface area contributed by atoms with E-state index < -0.39 is 0 Å². The first-order chi connectivity index (χ1) is 16.8. The summed E-state index contributed by atoms with van der Waals surface area (Å²) in [5.41, 5.74) is 6.79. The number of phenolic OH excluding ortho intramolecular Hbond substituents is 1. The van der Waals surface area contributed by atoms with Gasteiger partial charge in [-0.05, 0) is 87.1 Å². The minimum Gasteiger partial charge on any atom is -0.506 e. The number of anilines is 1. The van der Waals surface area contributed by atoms with E-state index >= 15 is 0 Å². The number of phenols is 1. The highest BCUT2D eigenvalue weighted by atomic mass is 35.5. The number of benzene rings is 2. The Bertz CT molecular complexity index is 1440. The molecule has 1 aliphatic rings. The van der Waals surface area contributed by atoms with Crippen LogP contribution in [0, 0.1) is 20.8 Å². The van der Waals surface area contributed by atoms with E-state index in [4.69, 9.17) is 35.4 Å². The maximum atomic E-state index is 10.8. The molecule has 0 unspecified atom stereocenters. The van der Waals surface area contributed by atoms with Crippen LogP contribution < -0.4 is 10.2 Å². The van der Waals surface area contributed by atoms with E-state index in [1.807, 2.05) is 47.4 Å². The van der Waals surface area contributed by atoms with Gasteiger partial charge in [-0.1, -0.05) is 35.3 Å². The molecule has 5 nitrogen and oxygen atoms in total. The van der Waals surface area contributed by atoms with E-state index in [1.54, 1.807) is 24.4 Å². The highest BCUT2D eigenvalue weighted by molar-refractivity contribution is 7.80. The van der Waals surface area contributed by atoms with Gasteiger partial charge in [0.05, 0.1) is 23.5 Å². The minimum absolute atomic E-state index is 0.103. The molecule has 0 spiro atoms. The number of aromatic nitrogens is 2. The molecule has 2 atom stereocenters. The van der Waals surface area contributed by atoms with Crippen molar-refractivity contribution in [2.24, 2.45) is 0 Å². The van der Waals surface area contributed by atoms with Gasteiger partial charge in [0.2, 0.25) is 0 Å². The zero-order chi connectivity index (χ0) is 24.9. The standard InChI is InChI=1S/C27H24Cl2N4OS/c1-15-16(2)32(20-8-6-7-18(28)13-20)17(3)24(15)26-25(21-9-4-5-12-30-21)31-27(35)33(26)22-14-19(29)10-11-23(22)34/h4-14,25-26,34H,1-3H3,(H,31,35)/t25-,26+/m0/s1. The van der Waals surface area contributed by atoms with Gasteiger partial charge in [0.15, 0.2) is 5.11 Å². The lowest BCUT2D eigenvalue weighted by Gasteiger charge is -2.29. The summed E-state index contributed by atoms with van der Waals surface area (Å²) < 4.78 is 2.21.